The number of nitrogens with zero attached hydrogens (tertiary/aromatic N) is 1. The Morgan fingerprint density at radius 1 is 0.312 bits per heavy atom. The van der Waals surface area contributed by atoms with Gasteiger partial charge in [0.05, 0.1) is 17.1 Å². The lowest BCUT2D eigenvalue weighted by atomic mass is 9.96. The van der Waals surface area contributed by atoms with Gasteiger partial charge >= 0.3 is 0 Å². The van der Waals surface area contributed by atoms with Crippen LogP contribution in [-0.4, -0.2) is 0 Å². The van der Waals surface area contributed by atoms with Gasteiger partial charge in [0.15, 0.2) is 0 Å². The summed E-state index contributed by atoms with van der Waals surface area (Å²) in [5.74, 6) is 0. The average Bonchev–Trinajstić information content (AvgIpc) is 3.54. The van der Waals surface area contributed by atoms with Gasteiger partial charge in [-0.05, 0) is 64.0 Å². The van der Waals surface area contributed by atoms with Crippen molar-refractivity contribution in [1.82, 2.24) is 0 Å². The third kappa shape index (κ3) is 4.83. The summed E-state index contributed by atoms with van der Waals surface area (Å²) in [6.45, 7) is 0. The van der Waals surface area contributed by atoms with Gasteiger partial charge in [0.2, 0.25) is 0 Å². The van der Waals surface area contributed by atoms with Crippen LogP contribution in [0.3, 0.4) is 0 Å². The quantitative estimate of drug-likeness (QED) is 0.185. The van der Waals surface area contributed by atoms with E-state index in [-0.39, 0.29) is 0 Å². The highest BCUT2D eigenvalue weighted by Crippen LogP contribution is 2.47. The molecule has 0 spiro atoms. The summed E-state index contributed by atoms with van der Waals surface area (Å²) in [7, 11) is 0. The molecule has 0 radical (unpaired) electrons. The number of anilines is 3. The second-order valence-electron chi connectivity index (χ2n) is 12.1. The molecule has 0 atom stereocenters. The first-order chi connectivity index (χ1) is 23.8. The number of fused-ring (bicyclic) bond motifs is 4. The monoisotopic (exact) mass is 613 g/mol. The van der Waals surface area contributed by atoms with E-state index in [1.165, 1.54) is 21.9 Å². The Hall–Kier alpha value is -6.38. The van der Waals surface area contributed by atoms with E-state index in [0.717, 1.165) is 61.3 Å². The van der Waals surface area contributed by atoms with Gasteiger partial charge in [-0.1, -0.05) is 152 Å². The highest BCUT2D eigenvalue weighted by atomic mass is 16.3. The normalized spacial score (nSPS) is 11.3. The summed E-state index contributed by atoms with van der Waals surface area (Å²) in [6.07, 6.45) is 0. The number of hydrogen-bond acceptors (Lipinski definition) is 2. The smallest absolute Gasteiger partial charge is 0.136 e. The third-order valence-corrected chi connectivity index (χ3v) is 9.29. The van der Waals surface area contributed by atoms with Crippen molar-refractivity contribution in [1.29, 1.82) is 0 Å². The summed E-state index contributed by atoms with van der Waals surface area (Å²) in [4.78, 5) is 2.43. The van der Waals surface area contributed by atoms with Crippen LogP contribution in [0.5, 0.6) is 0 Å². The molecular formula is C46H31NO. The Bertz CT molecular complexity index is 2560. The minimum absolute atomic E-state index is 0.888. The fourth-order valence-corrected chi connectivity index (χ4v) is 6.98. The number of rotatable bonds is 6. The standard InChI is InChI=1S/C46H31NO/c1-2-13-32(14-3-1)33-25-27-35(28-26-33)38-18-6-9-21-42(38)47(44-23-12-16-34-15-4-5-17-37(34)44)43-22-10-7-19-39(43)36-29-30-41-40-20-8-11-24-45(40)48-46(41)31-36/h1-31H. The molecule has 1 aromatic heterocycles. The fourth-order valence-electron chi connectivity index (χ4n) is 6.98. The number of hydrogen-bond donors (Lipinski definition) is 0. The predicted molar refractivity (Wildman–Crippen MR) is 202 cm³/mol. The van der Waals surface area contributed by atoms with Gasteiger partial charge in [-0.3, -0.25) is 0 Å². The van der Waals surface area contributed by atoms with Crippen molar-refractivity contribution >= 4 is 49.8 Å². The largest absolute Gasteiger partial charge is 0.456 e. The lowest BCUT2D eigenvalue weighted by molar-refractivity contribution is 0.669. The number of para-hydroxylation sites is 3. The predicted octanol–water partition coefficient (Wildman–Crippen LogP) is 13.2. The fraction of sp³-hybridized carbons (Fsp3) is 0. The highest BCUT2D eigenvalue weighted by Gasteiger charge is 2.22. The van der Waals surface area contributed by atoms with Gasteiger partial charge in [0.1, 0.15) is 11.2 Å². The summed E-state index contributed by atoms with van der Waals surface area (Å²) >= 11 is 0. The van der Waals surface area contributed by atoms with E-state index in [1.807, 2.05) is 12.1 Å². The van der Waals surface area contributed by atoms with Crippen molar-refractivity contribution < 1.29 is 4.42 Å². The van der Waals surface area contributed by atoms with Crippen LogP contribution in [-0.2, 0) is 0 Å². The van der Waals surface area contributed by atoms with Crippen molar-refractivity contribution in [2.75, 3.05) is 4.90 Å². The molecule has 8 aromatic carbocycles. The van der Waals surface area contributed by atoms with Crippen molar-refractivity contribution in [3.05, 3.63) is 188 Å². The van der Waals surface area contributed by atoms with E-state index in [4.69, 9.17) is 4.42 Å². The number of benzene rings is 8. The molecule has 9 aromatic rings. The van der Waals surface area contributed by atoms with E-state index >= 15 is 0 Å². The first kappa shape index (κ1) is 27.9. The molecular weight excluding hydrogens is 583 g/mol. The molecule has 2 heteroatoms. The maximum atomic E-state index is 6.35. The highest BCUT2D eigenvalue weighted by molar-refractivity contribution is 6.07. The first-order valence-corrected chi connectivity index (χ1v) is 16.4. The molecule has 0 aliphatic carbocycles. The molecule has 48 heavy (non-hydrogen) atoms. The minimum Gasteiger partial charge on any atom is -0.456 e. The molecule has 0 aliphatic heterocycles. The van der Waals surface area contributed by atoms with Crippen LogP contribution < -0.4 is 4.90 Å². The molecule has 0 fully saturated rings. The maximum absolute atomic E-state index is 6.35. The molecule has 0 unspecified atom stereocenters. The summed E-state index contributed by atoms with van der Waals surface area (Å²) in [5.41, 5.74) is 12.1. The van der Waals surface area contributed by atoms with Crippen LogP contribution in [0.15, 0.2) is 192 Å². The first-order valence-electron chi connectivity index (χ1n) is 16.4. The van der Waals surface area contributed by atoms with Crippen LogP contribution in [0.25, 0.3) is 66.1 Å². The van der Waals surface area contributed by atoms with Crippen molar-refractivity contribution in [3.63, 3.8) is 0 Å². The molecule has 1 heterocycles. The molecule has 0 aliphatic rings. The molecule has 2 nitrogen and oxygen atoms in total. The lowest BCUT2D eigenvalue weighted by Gasteiger charge is -2.31. The van der Waals surface area contributed by atoms with Gasteiger partial charge in [0.25, 0.3) is 0 Å². The van der Waals surface area contributed by atoms with Crippen molar-refractivity contribution in [3.8, 4) is 33.4 Å². The van der Waals surface area contributed by atoms with Gasteiger partial charge in [-0.2, -0.15) is 0 Å². The van der Waals surface area contributed by atoms with Crippen LogP contribution in [0.1, 0.15) is 0 Å². The van der Waals surface area contributed by atoms with Crippen molar-refractivity contribution in [2.45, 2.75) is 0 Å². The summed E-state index contributed by atoms with van der Waals surface area (Å²) < 4.78 is 6.35. The molecule has 0 N–H and O–H groups in total. The van der Waals surface area contributed by atoms with E-state index in [0.29, 0.717) is 0 Å². The second kappa shape index (κ2) is 11.8. The van der Waals surface area contributed by atoms with E-state index in [1.54, 1.807) is 0 Å². The van der Waals surface area contributed by atoms with Crippen LogP contribution in [0.4, 0.5) is 17.1 Å². The van der Waals surface area contributed by atoms with E-state index in [9.17, 15) is 0 Å². The zero-order chi connectivity index (χ0) is 31.9. The Kier molecular flexibility index (Phi) is 6.84. The van der Waals surface area contributed by atoms with Gasteiger partial charge < -0.3 is 9.32 Å². The van der Waals surface area contributed by atoms with Gasteiger partial charge in [-0.25, -0.2) is 0 Å². The topological polar surface area (TPSA) is 16.4 Å². The Morgan fingerprint density at radius 2 is 0.833 bits per heavy atom. The lowest BCUT2D eigenvalue weighted by Crippen LogP contribution is -2.13. The molecule has 0 bridgehead atoms. The minimum atomic E-state index is 0.888. The summed E-state index contributed by atoms with van der Waals surface area (Å²) in [5, 5.41) is 4.65. The SMILES string of the molecule is c1ccc(-c2ccc(-c3ccccc3N(c3ccccc3-c3ccc4c(c3)oc3ccccc34)c3cccc4ccccc34)cc2)cc1. The van der Waals surface area contributed by atoms with Crippen LogP contribution >= 0.6 is 0 Å². The van der Waals surface area contributed by atoms with E-state index in [2.05, 4.69) is 181 Å². The van der Waals surface area contributed by atoms with Gasteiger partial charge in [-0.15, -0.1) is 0 Å². The van der Waals surface area contributed by atoms with Crippen LogP contribution in [0.2, 0.25) is 0 Å². The third-order valence-electron chi connectivity index (χ3n) is 9.29. The Balaban J connectivity index is 1.26. The Morgan fingerprint density at radius 3 is 1.62 bits per heavy atom. The maximum Gasteiger partial charge on any atom is 0.136 e. The van der Waals surface area contributed by atoms with Crippen LogP contribution in [0, 0.1) is 0 Å². The average molecular weight is 614 g/mol. The molecule has 9 rings (SSSR count). The van der Waals surface area contributed by atoms with Gasteiger partial charge in [0, 0.05) is 27.3 Å². The second-order valence-corrected chi connectivity index (χ2v) is 12.1. The molecule has 226 valence electrons. The molecule has 0 saturated carbocycles. The zero-order valence-electron chi connectivity index (χ0n) is 26.3. The van der Waals surface area contributed by atoms with Crippen molar-refractivity contribution in [2.24, 2.45) is 0 Å². The van der Waals surface area contributed by atoms with E-state index < -0.39 is 0 Å². The number of furan rings is 1. The summed E-state index contributed by atoms with van der Waals surface area (Å²) in [6, 6.07) is 67.0. The molecule has 0 saturated heterocycles. The Labute approximate surface area is 279 Å². The molecule has 0 amide bonds. The zero-order valence-corrected chi connectivity index (χ0v) is 26.3.